The summed E-state index contributed by atoms with van der Waals surface area (Å²) < 4.78 is 0.720. The Morgan fingerprint density at radius 1 is 0.680 bits per heavy atom. The summed E-state index contributed by atoms with van der Waals surface area (Å²) in [5.74, 6) is 0.265. The summed E-state index contributed by atoms with van der Waals surface area (Å²) >= 11 is 3.53. The van der Waals surface area contributed by atoms with Crippen LogP contribution in [0.2, 0.25) is 0 Å². The molecule has 0 unspecified atom stereocenters. The number of phenols is 1. The summed E-state index contributed by atoms with van der Waals surface area (Å²) in [4.78, 5) is 0. The number of rotatable bonds is 3. The van der Waals surface area contributed by atoms with E-state index in [4.69, 9.17) is 0 Å². The first kappa shape index (κ1) is 15.9. The van der Waals surface area contributed by atoms with E-state index in [-0.39, 0.29) is 5.92 Å². The van der Waals surface area contributed by atoms with Crippen LogP contribution >= 0.6 is 15.9 Å². The Balaban J connectivity index is 2.07. The van der Waals surface area contributed by atoms with E-state index in [0.717, 1.165) is 31.9 Å². The number of phenolic OH excluding ortho intramolecular Hbond substituents is 1. The van der Waals surface area contributed by atoms with E-state index < -0.39 is 0 Å². The molecule has 0 fully saturated rings. The van der Waals surface area contributed by atoms with Crippen LogP contribution in [0.25, 0.3) is 10.8 Å². The van der Waals surface area contributed by atoms with Crippen molar-refractivity contribution in [1.82, 2.24) is 0 Å². The molecular formula is C23H17BrO. The topological polar surface area (TPSA) is 20.2 Å². The Morgan fingerprint density at radius 3 is 1.80 bits per heavy atom. The van der Waals surface area contributed by atoms with Crippen molar-refractivity contribution in [3.63, 3.8) is 0 Å². The van der Waals surface area contributed by atoms with Gasteiger partial charge in [0.05, 0.1) is 4.47 Å². The van der Waals surface area contributed by atoms with Crippen molar-refractivity contribution in [2.45, 2.75) is 5.92 Å². The van der Waals surface area contributed by atoms with Crippen LogP contribution < -0.4 is 0 Å². The summed E-state index contributed by atoms with van der Waals surface area (Å²) in [5, 5.41) is 13.1. The molecule has 0 radical (unpaired) electrons. The second-order valence-electron chi connectivity index (χ2n) is 6.10. The van der Waals surface area contributed by atoms with Crippen molar-refractivity contribution in [3.8, 4) is 5.75 Å². The minimum absolute atomic E-state index is 0.0372. The number of halogens is 1. The van der Waals surface area contributed by atoms with E-state index in [0.29, 0.717) is 5.75 Å². The molecule has 0 saturated carbocycles. The number of hydrogen-bond acceptors (Lipinski definition) is 1. The molecular weight excluding hydrogens is 372 g/mol. The third kappa shape index (κ3) is 2.94. The van der Waals surface area contributed by atoms with Crippen molar-refractivity contribution in [2.75, 3.05) is 0 Å². The average Bonchev–Trinajstić information content (AvgIpc) is 2.67. The van der Waals surface area contributed by atoms with Crippen LogP contribution in [0, 0.1) is 0 Å². The molecule has 0 aliphatic carbocycles. The lowest BCUT2D eigenvalue weighted by molar-refractivity contribution is 0.465. The fourth-order valence-corrected chi connectivity index (χ4v) is 3.90. The maximum Gasteiger partial charge on any atom is 0.134 e. The third-order valence-corrected chi connectivity index (χ3v) is 5.17. The van der Waals surface area contributed by atoms with Gasteiger partial charge in [-0.2, -0.15) is 0 Å². The van der Waals surface area contributed by atoms with E-state index in [1.54, 1.807) is 0 Å². The van der Waals surface area contributed by atoms with Crippen LogP contribution in [0.15, 0.2) is 95.5 Å². The van der Waals surface area contributed by atoms with Gasteiger partial charge in [-0.05, 0) is 43.9 Å². The quantitative estimate of drug-likeness (QED) is 0.397. The van der Waals surface area contributed by atoms with Gasteiger partial charge in [-0.15, -0.1) is 0 Å². The van der Waals surface area contributed by atoms with Crippen LogP contribution in [0.3, 0.4) is 0 Å². The maximum atomic E-state index is 10.9. The lowest BCUT2D eigenvalue weighted by Gasteiger charge is -2.22. The summed E-state index contributed by atoms with van der Waals surface area (Å²) in [7, 11) is 0. The lowest BCUT2D eigenvalue weighted by Crippen LogP contribution is -2.05. The number of fused-ring (bicyclic) bond motifs is 1. The van der Waals surface area contributed by atoms with Crippen LogP contribution in [0.4, 0.5) is 0 Å². The van der Waals surface area contributed by atoms with Gasteiger partial charge in [-0.25, -0.2) is 0 Å². The van der Waals surface area contributed by atoms with Crippen molar-refractivity contribution in [3.05, 3.63) is 112 Å². The summed E-state index contributed by atoms with van der Waals surface area (Å²) in [6.07, 6.45) is 0. The van der Waals surface area contributed by atoms with Crippen LogP contribution in [-0.2, 0) is 0 Å². The molecule has 0 heterocycles. The average molecular weight is 389 g/mol. The number of aromatic hydroxyl groups is 1. The van der Waals surface area contributed by atoms with Crippen LogP contribution in [0.1, 0.15) is 22.6 Å². The molecule has 0 atom stereocenters. The van der Waals surface area contributed by atoms with Crippen molar-refractivity contribution in [2.24, 2.45) is 0 Å². The standard InChI is InChI=1S/C23H17BrO/c24-20-15-18-13-7-8-14-19(18)22(23(20)25)21(16-9-3-1-4-10-16)17-11-5-2-6-12-17/h1-15,21,25H. The molecule has 0 aliphatic heterocycles. The van der Waals surface area contributed by atoms with Gasteiger partial charge in [-0.3, -0.25) is 0 Å². The molecule has 2 heteroatoms. The highest BCUT2D eigenvalue weighted by molar-refractivity contribution is 9.10. The molecule has 25 heavy (non-hydrogen) atoms. The Morgan fingerprint density at radius 2 is 1.20 bits per heavy atom. The molecule has 122 valence electrons. The van der Waals surface area contributed by atoms with E-state index in [1.807, 2.05) is 54.6 Å². The van der Waals surface area contributed by atoms with Gasteiger partial charge < -0.3 is 5.11 Å². The first-order valence-electron chi connectivity index (χ1n) is 8.25. The number of benzene rings is 4. The zero-order valence-corrected chi connectivity index (χ0v) is 15.1. The highest BCUT2D eigenvalue weighted by atomic mass is 79.9. The molecule has 0 amide bonds. The van der Waals surface area contributed by atoms with Crippen molar-refractivity contribution >= 4 is 26.7 Å². The lowest BCUT2D eigenvalue weighted by atomic mass is 9.82. The van der Waals surface area contributed by atoms with Crippen LogP contribution in [-0.4, -0.2) is 5.11 Å². The fraction of sp³-hybridized carbons (Fsp3) is 0.0435. The zero-order valence-electron chi connectivity index (χ0n) is 13.6. The minimum Gasteiger partial charge on any atom is -0.506 e. The van der Waals surface area contributed by atoms with Crippen molar-refractivity contribution < 1.29 is 5.11 Å². The zero-order chi connectivity index (χ0) is 17.2. The molecule has 4 rings (SSSR count). The molecule has 0 aromatic heterocycles. The molecule has 1 N–H and O–H groups in total. The second kappa shape index (κ2) is 6.73. The predicted molar refractivity (Wildman–Crippen MR) is 107 cm³/mol. The smallest absolute Gasteiger partial charge is 0.134 e. The minimum atomic E-state index is -0.0372. The highest BCUT2D eigenvalue weighted by Crippen LogP contribution is 2.44. The van der Waals surface area contributed by atoms with Crippen LogP contribution in [0.5, 0.6) is 5.75 Å². The van der Waals surface area contributed by atoms with Gasteiger partial charge in [0.15, 0.2) is 0 Å². The van der Waals surface area contributed by atoms with E-state index in [9.17, 15) is 5.11 Å². The summed E-state index contributed by atoms with van der Waals surface area (Å²) in [6.45, 7) is 0. The molecule has 4 aromatic carbocycles. The van der Waals surface area contributed by atoms with Gasteiger partial charge in [0.2, 0.25) is 0 Å². The monoisotopic (exact) mass is 388 g/mol. The molecule has 0 bridgehead atoms. The van der Waals surface area contributed by atoms with Gasteiger partial charge in [0.1, 0.15) is 5.75 Å². The van der Waals surface area contributed by atoms with Gasteiger partial charge >= 0.3 is 0 Å². The Kier molecular flexibility index (Phi) is 4.29. The molecule has 0 saturated heterocycles. The first-order chi connectivity index (χ1) is 12.3. The van der Waals surface area contributed by atoms with Gasteiger partial charge in [0.25, 0.3) is 0 Å². The van der Waals surface area contributed by atoms with Crippen molar-refractivity contribution in [1.29, 1.82) is 0 Å². The predicted octanol–water partition coefficient (Wildman–Crippen LogP) is 6.49. The van der Waals surface area contributed by atoms with Gasteiger partial charge in [0, 0.05) is 11.5 Å². The van der Waals surface area contributed by atoms with E-state index in [2.05, 4.69) is 52.3 Å². The molecule has 1 nitrogen and oxygen atoms in total. The van der Waals surface area contributed by atoms with E-state index >= 15 is 0 Å². The number of hydrogen-bond donors (Lipinski definition) is 1. The normalized spacial score (nSPS) is 11.1. The Labute approximate surface area is 155 Å². The molecule has 4 aromatic rings. The third-order valence-electron chi connectivity index (χ3n) is 4.57. The maximum absolute atomic E-state index is 10.9. The largest absolute Gasteiger partial charge is 0.506 e. The SMILES string of the molecule is Oc1c(Br)cc2ccccc2c1C(c1ccccc1)c1ccccc1. The Hall–Kier alpha value is -2.58. The van der Waals surface area contributed by atoms with E-state index in [1.165, 1.54) is 0 Å². The molecule has 0 spiro atoms. The Bertz CT molecular complexity index is 971. The highest BCUT2D eigenvalue weighted by Gasteiger charge is 2.23. The molecule has 0 aliphatic rings. The first-order valence-corrected chi connectivity index (χ1v) is 9.05. The summed E-state index contributed by atoms with van der Waals surface area (Å²) in [6, 6.07) is 30.9. The fourth-order valence-electron chi connectivity index (χ4n) is 3.44. The second-order valence-corrected chi connectivity index (χ2v) is 6.95. The summed E-state index contributed by atoms with van der Waals surface area (Å²) in [5.41, 5.74) is 3.25. The van der Waals surface area contributed by atoms with Gasteiger partial charge in [-0.1, -0.05) is 84.9 Å².